The highest BCUT2D eigenvalue weighted by Crippen LogP contribution is 2.27. The first-order chi connectivity index (χ1) is 7.93. The number of aryl methyl sites for hydroxylation is 1. The smallest absolute Gasteiger partial charge is 0.262 e. The lowest BCUT2D eigenvalue weighted by molar-refractivity contribution is 0.0956. The highest BCUT2D eigenvalue weighted by Gasteiger charge is 2.14. The van der Waals surface area contributed by atoms with Crippen molar-refractivity contribution < 1.29 is 9.00 Å². The molecular weight excluding hydrogens is 322 g/mol. The molecule has 3 nitrogen and oxygen atoms in total. The van der Waals surface area contributed by atoms with Crippen LogP contribution in [0.15, 0.2) is 9.85 Å². The standard InChI is InChI=1S/C11H16BrNO2S2/c1-7-6-16-10(9(7)12)11(14)13-5-4-8(2)17(3)15/h6,8H,4-5H2,1-3H3,(H,13,14)/t8-,17-/m1/s1. The first-order valence-corrected chi connectivity index (χ1v) is 8.57. The predicted molar refractivity (Wildman–Crippen MR) is 77.2 cm³/mol. The summed E-state index contributed by atoms with van der Waals surface area (Å²) in [6.45, 7) is 4.44. The van der Waals surface area contributed by atoms with Gasteiger partial charge >= 0.3 is 0 Å². The molecule has 1 heterocycles. The predicted octanol–water partition coefficient (Wildman–Crippen LogP) is 2.71. The zero-order valence-corrected chi connectivity index (χ0v) is 13.3. The number of halogens is 1. The number of thiophene rings is 1. The Morgan fingerprint density at radius 3 is 2.76 bits per heavy atom. The van der Waals surface area contributed by atoms with Crippen LogP contribution in [0.1, 0.15) is 28.6 Å². The average Bonchev–Trinajstić information content (AvgIpc) is 2.59. The third kappa shape index (κ3) is 4.19. The Bertz CT molecular complexity index is 431. The van der Waals surface area contributed by atoms with Crippen molar-refractivity contribution in [3.05, 3.63) is 20.3 Å². The Morgan fingerprint density at radius 2 is 2.29 bits per heavy atom. The van der Waals surface area contributed by atoms with E-state index in [0.29, 0.717) is 11.4 Å². The molecule has 0 unspecified atom stereocenters. The number of amides is 1. The maximum absolute atomic E-state index is 11.8. The molecule has 0 fully saturated rings. The summed E-state index contributed by atoms with van der Waals surface area (Å²) in [6.07, 6.45) is 2.42. The van der Waals surface area contributed by atoms with Crippen LogP contribution in [0, 0.1) is 6.92 Å². The summed E-state index contributed by atoms with van der Waals surface area (Å²) in [6, 6.07) is 0. The Hall–Kier alpha value is -0.200. The van der Waals surface area contributed by atoms with Crippen molar-refractivity contribution in [3.63, 3.8) is 0 Å². The van der Waals surface area contributed by atoms with E-state index in [9.17, 15) is 9.00 Å². The molecule has 1 aromatic rings. The van der Waals surface area contributed by atoms with E-state index in [1.165, 1.54) is 11.3 Å². The van der Waals surface area contributed by atoms with E-state index >= 15 is 0 Å². The van der Waals surface area contributed by atoms with Crippen molar-refractivity contribution >= 4 is 44.0 Å². The summed E-state index contributed by atoms with van der Waals surface area (Å²) < 4.78 is 12.0. The van der Waals surface area contributed by atoms with Gasteiger partial charge in [-0.15, -0.1) is 11.3 Å². The van der Waals surface area contributed by atoms with Crippen LogP contribution in [-0.4, -0.2) is 28.2 Å². The van der Waals surface area contributed by atoms with Crippen LogP contribution in [0.4, 0.5) is 0 Å². The van der Waals surface area contributed by atoms with Gasteiger partial charge in [-0.3, -0.25) is 9.00 Å². The second-order valence-corrected chi connectivity index (χ2v) is 7.39. The molecule has 0 bridgehead atoms. The molecule has 1 N–H and O–H groups in total. The molecule has 17 heavy (non-hydrogen) atoms. The average molecular weight is 338 g/mol. The van der Waals surface area contributed by atoms with E-state index < -0.39 is 10.8 Å². The molecule has 96 valence electrons. The Balaban J connectivity index is 2.46. The summed E-state index contributed by atoms with van der Waals surface area (Å²) in [5, 5.41) is 4.91. The van der Waals surface area contributed by atoms with Crippen LogP contribution in [0.25, 0.3) is 0 Å². The molecule has 0 aliphatic rings. The number of rotatable bonds is 5. The highest BCUT2D eigenvalue weighted by atomic mass is 79.9. The third-order valence-corrected chi connectivity index (χ3v) is 6.26. The number of hydrogen-bond acceptors (Lipinski definition) is 3. The molecule has 0 saturated heterocycles. The van der Waals surface area contributed by atoms with E-state index in [0.717, 1.165) is 16.5 Å². The van der Waals surface area contributed by atoms with Gasteiger partial charge in [-0.25, -0.2) is 0 Å². The van der Waals surface area contributed by atoms with E-state index in [-0.39, 0.29) is 11.2 Å². The summed E-state index contributed by atoms with van der Waals surface area (Å²) in [4.78, 5) is 12.5. The minimum atomic E-state index is -0.828. The fourth-order valence-electron chi connectivity index (χ4n) is 1.22. The van der Waals surface area contributed by atoms with Gasteiger partial charge in [0.25, 0.3) is 5.91 Å². The summed E-state index contributed by atoms with van der Waals surface area (Å²) >= 11 is 4.83. The van der Waals surface area contributed by atoms with Gasteiger partial charge in [-0.05, 0) is 40.2 Å². The van der Waals surface area contributed by atoms with Crippen molar-refractivity contribution in [2.24, 2.45) is 0 Å². The molecule has 0 saturated carbocycles. The van der Waals surface area contributed by atoms with E-state index in [2.05, 4.69) is 21.2 Å². The van der Waals surface area contributed by atoms with Crippen molar-refractivity contribution in [1.82, 2.24) is 5.32 Å². The lowest BCUT2D eigenvalue weighted by Gasteiger charge is -2.08. The quantitative estimate of drug-likeness (QED) is 0.897. The minimum Gasteiger partial charge on any atom is -0.351 e. The second-order valence-electron chi connectivity index (χ2n) is 3.92. The largest absolute Gasteiger partial charge is 0.351 e. The van der Waals surface area contributed by atoms with E-state index in [1.54, 1.807) is 6.26 Å². The molecule has 1 amide bonds. The number of carbonyl (C=O) groups excluding carboxylic acids is 1. The molecule has 0 radical (unpaired) electrons. The molecule has 2 atom stereocenters. The fraction of sp³-hybridized carbons (Fsp3) is 0.545. The summed E-state index contributed by atoms with van der Waals surface area (Å²) in [5.74, 6) is -0.0657. The summed E-state index contributed by atoms with van der Waals surface area (Å²) in [7, 11) is -0.828. The molecule has 1 aromatic heterocycles. The number of hydrogen-bond donors (Lipinski definition) is 1. The van der Waals surface area contributed by atoms with Crippen LogP contribution in [0.2, 0.25) is 0 Å². The van der Waals surface area contributed by atoms with Gasteiger partial charge in [0.1, 0.15) is 4.88 Å². The van der Waals surface area contributed by atoms with Gasteiger partial charge in [0.2, 0.25) is 0 Å². The van der Waals surface area contributed by atoms with Crippen LogP contribution in [0.5, 0.6) is 0 Å². The van der Waals surface area contributed by atoms with Gasteiger partial charge in [-0.2, -0.15) is 0 Å². The van der Waals surface area contributed by atoms with Crippen molar-refractivity contribution in [2.75, 3.05) is 12.8 Å². The van der Waals surface area contributed by atoms with E-state index in [1.807, 2.05) is 19.2 Å². The molecule has 0 aliphatic heterocycles. The Kier molecular flexibility index (Phi) is 5.82. The van der Waals surface area contributed by atoms with Gasteiger partial charge in [-0.1, -0.05) is 6.92 Å². The lowest BCUT2D eigenvalue weighted by atomic mass is 10.3. The van der Waals surface area contributed by atoms with Crippen LogP contribution >= 0.6 is 27.3 Å². The lowest BCUT2D eigenvalue weighted by Crippen LogP contribution is -2.27. The number of carbonyl (C=O) groups is 1. The summed E-state index contributed by atoms with van der Waals surface area (Å²) in [5.41, 5.74) is 1.07. The normalized spacial score (nSPS) is 14.4. The Labute approximate surface area is 117 Å². The van der Waals surface area contributed by atoms with Crippen molar-refractivity contribution in [2.45, 2.75) is 25.5 Å². The van der Waals surface area contributed by atoms with Gasteiger partial charge in [0, 0.05) is 33.3 Å². The maximum atomic E-state index is 11.8. The first-order valence-electron chi connectivity index (χ1n) is 5.27. The zero-order valence-electron chi connectivity index (χ0n) is 10.1. The van der Waals surface area contributed by atoms with Crippen molar-refractivity contribution in [3.8, 4) is 0 Å². The topological polar surface area (TPSA) is 46.2 Å². The maximum Gasteiger partial charge on any atom is 0.262 e. The SMILES string of the molecule is Cc1csc(C(=O)NCC[C@@H](C)[S@@](C)=O)c1Br. The molecule has 0 aliphatic carbocycles. The molecule has 0 aromatic carbocycles. The van der Waals surface area contributed by atoms with Gasteiger partial charge in [0.15, 0.2) is 0 Å². The van der Waals surface area contributed by atoms with Gasteiger partial charge < -0.3 is 5.32 Å². The highest BCUT2D eigenvalue weighted by molar-refractivity contribution is 9.10. The monoisotopic (exact) mass is 337 g/mol. The minimum absolute atomic E-state index is 0.0657. The van der Waals surface area contributed by atoms with Crippen LogP contribution in [0.3, 0.4) is 0 Å². The third-order valence-electron chi connectivity index (χ3n) is 2.51. The van der Waals surface area contributed by atoms with Crippen molar-refractivity contribution in [1.29, 1.82) is 0 Å². The second kappa shape index (κ2) is 6.66. The van der Waals surface area contributed by atoms with Gasteiger partial charge in [0.05, 0.1) is 0 Å². The molecule has 1 rings (SSSR count). The molecule has 6 heteroatoms. The number of nitrogens with one attached hydrogen (secondary N) is 1. The zero-order chi connectivity index (χ0) is 13.0. The van der Waals surface area contributed by atoms with E-state index in [4.69, 9.17) is 0 Å². The van der Waals surface area contributed by atoms with Crippen LogP contribution in [-0.2, 0) is 10.8 Å². The molecule has 0 spiro atoms. The molecular formula is C11H16BrNO2S2. The Morgan fingerprint density at radius 1 is 1.65 bits per heavy atom. The first kappa shape index (κ1) is 14.9. The fourth-order valence-corrected chi connectivity index (χ4v) is 3.25. The van der Waals surface area contributed by atoms with Crippen LogP contribution < -0.4 is 5.32 Å².